The molecule has 4 heteroatoms. The van der Waals surface area contributed by atoms with Crippen molar-refractivity contribution in [3.8, 4) is 11.8 Å². The summed E-state index contributed by atoms with van der Waals surface area (Å²) in [5.74, 6) is 7.28. The highest BCUT2D eigenvalue weighted by molar-refractivity contribution is 7.98. The Morgan fingerprint density at radius 3 is 2.65 bits per heavy atom. The van der Waals surface area contributed by atoms with E-state index in [0.29, 0.717) is 12.1 Å². The molecule has 0 aliphatic rings. The maximum Gasteiger partial charge on any atom is 0.124 e. The molecule has 20 heavy (non-hydrogen) atoms. The van der Waals surface area contributed by atoms with E-state index in [4.69, 9.17) is 5.73 Å². The molecule has 2 N–H and O–H groups in total. The van der Waals surface area contributed by atoms with Crippen molar-refractivity contribution in [1.82, 2.24) is 4.90 Å². The third kappa shape index (κ3) is 6.42. The average Bonchev–Trinajstić information content (AvgIpc) is 2.45. The normalized spacial score (nSPS) is 10.4. The van der Waals surface area contributed by atoms with Gasteiger partial charge in [0.1, 0.15) is 5.82 Å². The molecule has 110 valence electrons. The number of halogens is 1. The molecule has 0 fully saturated rings. The van der Waals surface area contributed by atoms with Gasteiger partial charge in [0.2, 0.25) is 0 Å². The maximum absolute atomic E-state index is 13.5. The van der Waals surface area contributed by atoms with Gasteiger partial charge in [-0.3, -0.25) is 0 Å². The first-order valence-electron chi connectivity index (χ1n) is 6.98. The molecule has 0 heterocycles. The Labute approximate surface area is 125 Å². The number of benzene rings is 1. The Morgan fingerprint density at radius 1 is 1.25 bits per heavy atom. The molecule has 0 radical (unpaired) electrons. The van der Waals surface area contributed by atoms with E-state index >= 15 is 0 Å². The zero-order valence-electron chi connectivity index (χ0n) is 12.3. The standard InChI is InChI=1S/C16H23FN2S/c1-3-19(4-2)8-9-20-13-15-10-14(6-5-7-18)11-16(17)12-15/h10-12H,3-4,7-9,13,18H2,1-2H3. The predicted molar refractivity (Wildman–Crippen MR) is 86.3 cm³/mol. The first-order valence-corrected chi connectivity index (χ1v) is 8.13. The molecule has 1 rings (SSSR count). The van der Waals surface area contributed by atoms with Crippen LogP contribution < -0.4 is 5.73 Å². The molecule has 0 atom stereocenters. The molecule has 2 nitrogen and oxygen atoms in total. The summed E-state index contributed by atoms with van der Waals surface area (Å²) in [5, 5.41) is 0. The predicted octanol–water partition coefficient (Wildman–Crippen LogP) is 2.71. The summed E-state index contributed by atoms with van der Waals surface area (Å²) in [6, 6.07) is 4.97. The van der Waals surface area contributed by atoms with Gasteiger partial charge in [-0.05, 0) is 36.9 Å². The minimum atomic E-state index is -0.229. The van der Waals surface area contributed by atoms with Crippen molar-refractivity contribution in [2.24, 2.45) is 5.73 Å². The Bertz CT molecular complexity index is 461. The molecule has 0 aromatic heterocycles. The summed E-state index contributed by atoms with van der Waals surface area (Å²) in [7, 11) is 0. The lowest BCUT2D eigenvalue weighted by molar-refractivity contribution is 0.324. The second kappa shape index (κ2) is 9.82. The molecule has 0 bridgehead atoms. The number of hydrogen-bond acceptors (Lipinski definition) is 3. The number of rotatable bonds is 7. The van der Waals surface area contributed by atoms with Gasteiger partial charge in [0.05, 0.1) is 6.54 Å². The van der Waals surface area contributed by atoms with Crippen LogP contribution in [-0.4, -0.2) is 36.8 Å². The first-order chi connectivity index (χ1) is 9.69. The molecular weight excluding hydrogens is 271 g/mol. The van der Waals surface area contributed by atoms with Crippen LogP contribution in [0.5, 0.6) is 0 Å². The highest BCUT2D eigenvalue weighted by atomic mass is 32.2. The molecule has 0 aliphatic heterocycles. The van der Waals surface area contributed by atoms with Crippen LogP contribution >= 0.6 is 11.8 Å². The van der Waals surface area contributed by atoms with Crippen LogP contribution in [-0.2, 0) is 5.75 Å². The van der Waals surface area contributed by atoms with Crippen molar-refractivity contribution >= 4 is 11.8 Å². The van der Waals surface area contributed by atoms with Crippen molar-refractivity contribution in [1.29, 1.82) is 0 Å². The second-order valence-electron chi connectivity index (χ2n) is 4.43. The van der Waals surface area contributed by atoms with Gasteiger partial charge in [-0.2, -0.15) is 11.8 Å². The molecule has 0 unspecified atom stereocenters. The zero-order chi connectivity index (χ0) is 14.8. The topological polar surface area (TPSA) is 29.3 Å². The maximum atomic E-state index is 13.5. The molecule has 0 saturated carbocycles. The van der Waals surface area contributed by atoms with E-state index in [-0.39, 0.29) is 5.82 Å². The quantitative estimate of drug-likeness (QED) is 0.619. The fourth-order valence-corrected chi connectivity index (χ4v) is 2.82. The summed E-state index contributed by atoms with van der Waals surface area (Å²) in [5.41, 5.74) is 7.02. The highest BCUT2D eigenvalue weighted by Gasteiger charge is 2.02. The monoisotopic (exact) mass is 294 g/mol. The summed E-state index contributed by atoms with van der Waals surface area (Å²) in [6.45, 7) is 7.87. The average molecular weight is 294 g/mol. The second-order valence-corrected chi connectivity index (χ2v) is 5.54. The highest BCUT2D eigenvalue weighted by Crippen LogP contribution is 2.15. The van der Waals surface area contributed by atoms with Crippen molar-refractivity contribution in [3.05, 3.63) is 35.1 Å². The Hall–Kier alpha value is -1.02. The molecule has 1 aromatic carbocycles. The first kappa shape index (κ1) is 17.0. The molecular formula is C16H23FN2S. The van der Waals surface area contributed by atoms with Gasteiger partial charge in [-0.25, -0.2) is 4.39 Å². The minimum absolute atomic E-state index is 0.229. The van der Waals surface area contributed by atoms with Crippen molar-refractivity contribution < 1.29 is 4.39 Å². The van der Waals surface area contributed by atoms with E-state index in [9.17, 15) is 4.39 Å². The van der Waals surface area contributed by atoms with Crippen molar-refractivity contribution in [2.75, 3.05) is 31.9 Å². The summed E-state index contributed by atoms with van der Waals surface area (Å²) in [4.78, 5) is 2.39. The smallest absolute Gasteiger partial charge is 0.124 e. The molecule has 1 aromatic rings. The van der Waals surface area contributed by atoms with E-state index in [1.54, 1.807) is 6.07 Å². The van der Waals surface area contributed by atoms with Crippen LogP contribution in [0.3, 0.4) is 0 Å². The van der Waals surface area contributed by atoms with Crippen molar-refractivity contribution in [3.63, 3.8) is 0 Å². The Morgan fingerprint density at radius 2 is 2.00 bits per heavy atom. The van der Waals surface area contributed by atoms with Gasteiger partial charge in [-0.1, -0.05) is 25.7 Å². The lowest BCUT2D eigenvalue weighted by Gasteiger charge is -2.17. The molecule has 0 saturated heterocycles. The van der Waals surface area contributed by atoms with Gasteiger partial charge in [-0.15, -0.1) is 0 Å². The van der Waals surface area contributed by atoms with Crippen LogP contribution in [0.2, 0.25) is 0 Å². The molecule has 0 amide bonds. The van der Waals surface area contributed by atoms with Gasteiger partial charge < -0.3 is 10.6 Å². The summed E-state index contributed by atoms with van der Waals surface area (Å²) in [6.07, 6.45) is 0. The van der Waals surface area contributed by atoms with Gasteiger partial charge in [0.25, 0.3) is 0 Å². The largest absolute Gasteiger partial charge is 0.320 e. The van der Waals surface area contributed by atoms with Crippen LogP contribution in [0.25, 0.3) is 0 Å². The van der Waals surface area contributed by atoms with Gasteiger partial charge >= 0.3 is 0 Å². The van der Waals surface area contributed by atoms with E-state index in [1.165, 1.54) is 6.07 Å². The van der Waals surface area contributed by atoms with Crippen molar-refractivity contribution in [2.45, 2.75) is 19.6 Å². The Kier molecular flexibility index (Phi) is 8.36. The van der Waals surface area contributed by atoms with E-state index in [1.807, 2.05) is 17.8 Å². The van der Waals surface area contributed by atoms with Crippen LogP contribution in [0, 0.1) is 17.7 Å². The van der Waals surface area contributed by atoms with E-state index in [2.05, 4.69) is 30.6 Å². The number of thioether (sulfide) groups is 1. The lowest BCUT2D eigenvalue weighted by Crippen LogP contribution is -2.25. The SMILES string of the molecule is CCN(CC)CCSCc1cc(F)cc(C#CCN)c1. The number of hydrogen-bond donors (Lipinski definition) is 1. The number of nitrogens with two attached hydrogens (primary N) is 1. The molecule has 0 aliphatic carbocycles. The number of nitrogens with zero attached hydrogens (tertiary/aromatic N) is 1. The summed E-state index contributed by atoms with van der Waals surface area (Å²) >= 11 is 1.83. The van der Waals surface area contributed by atoms with Crippen LogP contribution in [0.15, 0.2) is 18.2 Å². The van der Waals surface area contributed by atoms with E-state index < -0.39 is 0 Å². The fraction of sp³-hybridized carbons (Fsp3) is 0.500. The Balaban J connectivity index is 2.49. The third-order valence-electron chi connectivity index (χ3n) is 3.01. The minimum Gasteiger partial charge on any atom is -0.320 e. The van der Waals surface area contributed by atoms with Gasteiger partial charge in [0, 0.05) is 23.6 Å². The van der Waals surface area contributed by atoms with Gasteiger partial charge in [0.15, 0.2) is 0 Å². The molecule has 0 spiro atoms. The van der Waals surface area contributed by atoms with Crippen LogP contribution in [0.4, 0.5) is 4.39 Å². The van der Waals surface area contributed by atoms with Crippen LogP contribution in [0.1, 0.15) is 25.0 Å². The van der Waals surface area contributed by atoms with E-state index in [0.717, 1.165) is 36.7 Å². The summed E-state index contributed by atoms with van der Waals surface area (Å²) < 4.78 is 13.5. The fourth-order valence-electron chi connectivity index (χ4n) is 1.88. The lowest BCUT2D eigenvalue weighted by atomic mass is 10.1. The third-order valence-corrected chi connectivity index (χ3v) is 4.02. The zero-order valence-corrected chi connectivity index (χ0v) is 13.1.